The van der Waals surface area contributed by atoms with Crippen LogP contribution in [0.25, 0.3) is 5.69 Å². The van der Waals surface area contributed by atoms with E-state index in [0.29, 0.717) is 5.92 Å². The zero-order valence-electron chi connectivity index (χ0n) is 11.9. The number of imidazole rings is 1. The first-order chi connectivity index (χ1) is 8.38. The molecule has 0 fully saturated rings. The predicted molar refractivity (Wildman–Crippen MR) is 76.4 cm³/mol. The van der Waals surface area contributed by atoms with Gasteiger partial charge in [0, 0.05) is 11.9 Å². The summed E-state index contributed by atoms with van der Waals surface area (Å²) in [5.74, 6) is 0.472. The smallest absolute Gasteiger partial charge is 0.0995 e. The van der Waals surface area contributed by atoms with E-state index in [-0.39, 0.29) is 5.41 Å². The topological polar surface area (TPSA) is 17.8 Å². The van der Waals surface area contributed by atoms with Crippen molar-refractivity contribution in [3.63, 3.8) is 0 Å². The fourth-order valence-corrected chi connectivity index (χ4v) is 1.91. The van der Waals surface area contributed by atoms with Gasteiger partial charge < -0.3 is 4.57 Å². The average Bonchev–Trinajstić information content (AvgIpc) is 2.77. The Labute approximate surface area is 110 Å². The summed E-state index contributed by atoms with van der Waals surface area (Å²) in [5.41, 5.74) is 3.86. The number of hydrogen-bond donors (Lipinski definition) is 0. The van der Waals surface area contributed by atoms with Crippen molar-refractivity contribution in [1.82, 2.24) is 9.55 Å². The predicted octanol–water partition coefficient (Wildman–Crippen LogP) is 4.29. The highest BCUT2D eigenvalue weighted by Gasteiger charge is 2.13. The van der Waals surface area contributed by atoms with E-state index in [9.17, 15) is 0 Å². The van der Waals surface area contributed by atoms with Gasteiger partial charge in [0.05, 0.1) is 12.0 Å². The third-order valence-electron chi connectivity index (χ3n) is 3.23. The van der Waals surface area contributed by atoms with Gasteiger partial charge in [-0.3, -0.25) is 0 Å². The summed E-state index contributed by atoms with van der Waals surface area (Å²) in [5, 5.41) is 0. The van der Waals surface area contributed by atoms with E-state index in [4.69, 9.17) is 0 Å². The van der Waals surface area contributed by atoms with E-state index in [1.165, 1.54) is 11.3 Å². The molecule has 0 spiro atoms. The number of rotatable bonds is 2. The second-order valence-corrected chi connectivity index (χ2v) is 6.16. The lowest BCUT2D eigenvalue weighted by atomic mass is 9.87. The molecule has 0 radical (unpaired) electrons. The maximum absolute atomic E-state index is 4.43. The van der Waals surface area contributed by atoms with Crippen molar-refractivity contribution in [3.05, 3.63) is 48.0 Å². The summed E-state index contributed by atoms with van der Waals surface area (Å²) in [6.07, 6.45) is 4.00. The monoisotopic (exact) mass is 242 g/mol. The third kappa shape index (κ3) is 2.63. The normalized spacial score (nSPS) is 12.1. The molecular formula is C16H22N2. The summed E-state index contributed by atoms with van der Waals surface area (Å²) in [7, 11) is 0. The van der Waals surface area contributed by atoms with Crippen LogP contribution in [-0.4, -0.2) is 9.55 Å². The second-order valence-electron chi connectivity index (χ2n) is 6.16. The van der Waals surface area contributed by atoms with Crippen LogP contribution >= 0.6 is 0 Å². The van der Waals surface area contributed by atoms with Gasteiger partial charge >= 0.3 is 0 Å². The molecule has 0 saturated carbocycles. The van der Waals surface area contributed by atoms with Gasteiger partial charge in [-0.25, -0.2) is 4.98 Å². The van der Waals surface area contributed by atoms with Crippen molar-refractivity contribution in [2.45, 2.75) is 46.0 Å². The third-order valence-corrected chi connectivity index (χ3v) is 3.23. The molecule has 2 aromatic rings. The molecule has 0 saturated heterocycles. The lowest BCUT2D eigenvalue weighted by Crippen LogP contribution is -2.10. The maximum atomic E-state index is 4.43. The zero-order chi connectivity index (χ0) is 13.3. The number of hydrogen-bond acceptors (Lipinski definition) is 1. The zero-order valence-corrected chi connectivity index (χ0v) is 11.9. The molecule has 0 N–H and O–H groups in total. The molecule has 18 heavy (non-hydrogen) atoms. The van der Waals surface area contributed by atoms with Gasteiger partial charge in [0.15, 0.2) is 0 Å². The van der Waals surface area contributed by atoms with Crippen molar-refractivity contribution in [2.24, 2.45) is 0 Å². The van der Waals surface area contributed by atoms with E-state index in [0.717, 1.165) is 5.69 Å². The van der Waals surface area contributed by atoms with Gasteiger partial charge in [-0.15, -0.1) is 0 Å². The summed E-state index contributed by atoms with van der Waals surface area (Å²) in [4.78, 5) is 4.43. The standard InChI is InChI=1S/C16H22N2/c1-12(2)15-10-18(11-17-15)14-8-6-13(7-9-14)16(3,4)5/h6-12H,1-5H3. The summed E-state index contributed by atoms with van der Waals surface area (Å²) >= 11 is 0. The van der Waals surface area contributed by atoms with Crippen LogP contribution in [-0.2, 0) is 5.41 Å². The second kappa shape index (κ2) is 4.60. The lowest BCUT2D eigenvalue weighted by molar-refractivity contribution is 0.590. The minimum atomic E-state index is 0.205. The Balaban J connectivity index is 2.29. The van der Waals surface area contributed by atoms with Crippen LogP contribution in [0.5, 0.6) is 0 Å². The van der Waals surface area contributed by atoms with Gasteiger partial charge in [-0.2, -0.15) is 0 Å². The molecule has 0 unspecified atom stereocenters. The molecule has 0 amide bonds. The fourth-order valence-electron chi connectivity index (χ4n) is 1.91. The van der Waals surface area contributed by atoms with E-state index in [2.05, 4.69) is 74.6 Å². The van der Waals surface area contributed by atoms with Gasteiger partial charge in [-0.05, 0) is 29.0 Å². The molecule has 2 rings (SSSR count). The summed E-state index contributed by atoms with van der Waals surface area (Å²) in [6, 6.07) is 8.72. The Morgan fingerprint density at radius 1 is 1.06 bits per heavy atom. The van der Waals surface area contributed by atoms with Crippen molar-refractivity contribution in [1.29, 1.82) is 0 Å². The van der Waals surface area contributed by atoms with Crippen LogP contribution in [0.15, 0.2) is 36.8 Å². The van der Waals surface area contributed by atoms with Crippen LogP contribution in [0.2, 0.25) is 0 Å². The number of aromatic nitrogens is 2. The van der Waals surface area contributed by atoms with Crippen molar-refractivity contribution >= 4 is 0 Å². The molecular weight excluding hydrogens is 220 g/mol. The van der Waals surface area contributed by atoms with E-state index in [1.807, 2.05) is 6.33 Å². The highest BCUT2D eigenvalue weighted by molar-refractivity contribution is 5.37. The highest BCUT2D eigenvalue weighted by Crippen LogP contribution is 2.23. The molecule has 1 aromatic heterocycles. The SMILES string of the molecule is CC(C)c1cn(-c2ccc(C(C)(C)C)cc2)cn1. The van der Waals surface area contributed by atoms with E-state index < -0.39 is 0 Å². The first-order valence-electron chi connectivity index (χ1n) is 6.53. The van der Waals surface area contributed by atoms with Crippen LogP contribution in [0.4, 0.5) is 0 Å². The Kier molecular flexibility index (Phi) is 3.29. The van der Waals surface area contributed by atoms with Crippen molar-refractivity contribution < 1.29 is 0 Å². The Morgan fingerprint density at radius 3 is 2.11 bits per heavy atom. The van der Waals surface area contributed by atoms with Crippen LogP contribution < -0.4 is 0 Å². The van der Waals surface area contributed by atoms with Crippen molar-refractivity contribution in [3.8, 4) is 5.69 Å². The van der Waals surface area contributed by atoms with Gasteiger partial charge in [0.2, 0.25) is 0 Å². The van der Waals surface area contributed by atoms with Gasteiger partial charge in [0.1, 0.15) is 0 Å². The molecule has 0 aliphatic rings. The van der Waals surface area contributed by atoms with Crippen LogP contribution in [0.1, 0.15) is 51.8 Å². The Bertz CT molecular complexity index is 513. The first-order valence-corrected chi connectivity index (χ1v) is 6.53. The van der Waals surface area contributed by atoms with E-state index in [1.54, 1.807) is 0 Å². The Hall–Kier alpha value is -1.57. The van der Waals surface area contributed by atoms with Gasteiger partial charge in [-0.1, -0.05) is 46.8 Å². The molecule has 1 aromatic carbocycles. The minimum absolute atomic E-state index is 0.205. The molecule has 0 aliphatic heterocycles. The molecule has 0 aliphatic carbocycles. The number of benzene rings is 1. The molecule has 1 heterocycles. The quantitative estimate of drug-likeness (QED) is 0.768. The molecule has 2 heteroatoms. The van der Waals surface area contributed by atoms with Crippen LogP contribution in [0.3, 0.4) is 0 Å². The van der Waals surface area contributed by atoms with Crippen LogP contribution in [0, 0.1) is 0 Å². The van der Waals surface area contributed by atoms with Crippen molar-refractivity contribution in [2.75, 3.05) is 0 Å². The molecule has 2 nitrogen and oxygen atoms in total. The summed E-state index contributed by atoms with van der Waals surface area (Å²) < 4.78 is 2.09. The lowest BCUT2D eigenvalue weighted by Gasteiger charge is -2.19. The van der Waals surface area contributed by atoms with Gasteiger partial charge in [0.25, 0.3) is 0 Å². The summed E-state index contributed by atoms with van der Waals surface area (Å²) in [6.45, 7) is 11.0. The Morgan fingerprint density at radius 2 is 1.67 bits per heavy atom. The molecule has 0 atom stereocenters. The molecule has 96 valence electrons. The fraction of sp³-hybridized carbons (Fsp3) is 0.438. The maximum Gasteiger partial charge on any atom is 0.0995 e. The average molecular weight is 242 g/mol. The minimum Gasteiger partial charge on any atom is -0.306 e. The highest BCUT2D eigenvalue weighted by atomic mass is 15.0. The van der Waals surface area contributed by atoms with E-state index >= 15 is 0 Å². The first kappa shape index (κ1) is 12.9. The molecule has 0 bridgehead atoms. The number of nitrogens with zero attached hydrogens (tertiary/aromatic N) is 2. The largest absolute Gasteiger partial charge is 0.306 e.